The minimum Gasteiger partial charge on any atom is -0.494 e. The van der Waals surface area contributed by atoms with Crippen molar-refractivity contribution >= 4 is 32.5 Å². The Morgan fingerprint density at radius 1 is 1.09 bits per heavy atom. The lowest BCUT2D eigenvalue weighted by Gasteiger charge is -2.23. The minimum absolute atomic E-state index is 0.0139. The highest BCUT2D eigenvalue weighted by Crippen LogP contribution is 2.32. The van der Waals surface area contributed by atoms with Crippen LogP contribution >= 0.6 is 11.6 Å². The van der Waals surface area contributed by atoms with E-state index in [0.717, 1.165) is 29.2 Å². The Hall–Kier alpha value is -2.05. The molecule has 172 valence electrons. The molecule has 1 heterocycles. The van der Waals surface area contributed by atoms with Gasteiger partial charge < -0.3 is 9.30 Å². The van der Waals surface area contributed by atoms with Gasteiger partial charge in [0.25, 0.3) is 0 Å². The van der Waals surface area contributed by atoms with Crippen molar-refractivity contribution in [3.63, 3.8) is 0 Å². The molecule has 0 N–H and O–H groups in total. The number of benzene rings is 2. The van der Waals surface area contributed by atoms with Crippen LogP contribution in [0.25, 0.3) is 11.0 Å². The molecule has 0 amide bonds. The van der Waals surface area contributed by atoms with Crippen molar-refractivity contribution in [2.24, 2.45) is 5.92 Å². The third-order valence-electron chi connectivity index (χ3n) is 6.36. The van der Waals surface area contributed by atoms with Gasteiger partial charge in [-0.15, -0.1) is 0 Å². The molecule has 1 aromatic heterocycles. The monoisotopic (exact) mass is 474 g/mol. The van der Waals surface area contributed by atoms with Crippen molar-refractivity contribution in [3.8, 4) is 5.75 Å². The third kappa shape index (κ3) is 4.96. The summed E-state index contributed by atoms with van der Waals surface area (Å²) in [7, 11) is -3.42. The summed E-state index contributed by atoms with van der Waals surface area (Å²) in [5, 5.41) is 0.275. The van der Waals surface area contributed by atoms with Gasteiger partial charge in [0.05, 0.1) is 33.3 Å². The summed E-state index contributed by atoms with van der Waals surface area (Å²) in [6.45, 7) is 5.13. The number of hydrogen-bond donors (Lipinski definition) is 0. The first-order valence-electron chi connectivity index (χ1n) is 11.5. The van der Waals surface area contributed by atoms with Crippen LogP contribution in [0.5, 0.6) is 5.75 Å². The number of aromatic nitrogens is 2. The van der Waals surface area contributed by atoms with E-state index in [2.05, 4.69) is 16.7 Å². The number of halogens is 1. The van der Waals surface area contributed by atoms with Gasteiger partial charge in [-0.2, -0.15) is 0 Å². The van der Waals surface area contributed by atoms with Crippen LogP contribution in [0.1, 0.15) is 57.3 Å². The molecule has 32 heavy (non-hydrogen) atoms. The average Bonchev–Trinajstić information content (AvgIpc) is 3.11. The molecule has 0 spiro atoms. The molecule has 3 aromatic rings. The Bertz CT molecular complexity index is 1180. The van der Waals surface area contributed by atoms with E-state index in [0.29, 0.717) is 24.5 Å². The summed E-state index contributed by atoms with van der Waals surface area (Å²) in [5.41, 5.74) is 2.75. The zero-order chi connectivity index (χ0) is 22.7. The Morgan fingerprint density at radius 3 is 2.47 bits per heavy atom. The number of nitrogens with zero attached hydrogens (tertiary/aromatic N) is 2. The highest BCUT2D eigenvalue weighted by atomic mass is 35.5. The van der Waals surface area contributed by atoms with Crippen LogP contribution in [0, 0.1) is 5.92 Å². The maximum atomic E-state index is 12.5. The van der Waals surface area contributed by atoms with E-state index in [4.69, 9.17) is 21.3 Å². The molecule has 0 atom stereocenters. The van der Waals surface area contributed by atoms with Crippen molar-refractivity contribution in [2.45, 2.75) is 63.8 Å². The first-order chi connectivity index (χ1) is 15.4. The third-order valence-corrected chi connectivity index (χ3v) is 8.55. The lowest BCUT2D eigenvalue weighted by Crippen LogP contribution is -2.16. The van der Waals surface area contributed by atoms with E-state index in [1.54, 1.807) is 19.1 Å². The van der Waals surface area contributed by atoms with Crippen LogP contribution in [0.4, 0.5) is 0 Å². The number of ether oxygens (including phenoxy) is 1. The summed E-state index contributed by atoms with van der Waals surface area (Å²) in [6, 6.07) is 11.5. The molecule has 0 radical (unpaired) electrons. The van der Waals surface area contributed by atoms with Crippen LogP contribution < -0.4 is 4.74 Å². The van der Waals surface area contributed by atoms with Gasteiger partial charge >= 0.3 is 0 Å². The van der Waals surface area contributed by atoms with Crippen molar-refractivity contribution in [2.75, 3.05) is 12.4 Å². The van der Waals surface area contributed by atoms with Gasteiger partial charge in [-0.3, -0.25) is 0 Å². The first kappa shape index (κ1) is 23.1. The van der Waals surface area contributed by atoms with Gasteiger partial charge in [-0.05, 0) is 55.5 Å². The van der Waals surface area contributed by atoms with E-state index in [-0.39, 0.29) is 15.7 Å². The highest BCUT2D eigenvalue weighted by Gasteiger charge is 2.22. The molecule has 0 aliphatic heterocycles. The summed E-state index contributed by atoms with van der Waals surface area (Å²) in [4.78, 5) is 5.06. The van der Waals surface area contributed by atoms with E-state index in [9.17, 15) is 8.42 Å². The van der Waals surface area contributed by atoms with E-state index < -0.39 is 9.84 Å². The quantitative estimate of drug-likeness (QED) is 0.398. The van der Waals surface area contributed by atoms with E-state index in [1.807, 2.05) is 19.1 Å². The molecule has 1 saturated carbocycles. The zero-order valence-electron chi connectivity index (χ0n) is 18.8. The second-order valence-corrected chi connectivity index (χ2v) is 11.2. The van der Waals surface area contributed by atoms with Crippen molar-refractivity contribution < 1.29 is 13.2 Å². The molecule has 4 rings (SSSR count). The highest BCUT2D eigenvalue weighted by molar-refractivity contribution is 7.91. The van der Waals surface area contributed by atoms with Gasteiger partial charge in [0.1, 0.15) is 11.6 Å². The smallest absolute Gasteiger partial charge is 0.179 e. The zero-order valence-corrected chi connectivity index (χ0v) is 20.4. The molecule has 7 heteroatoms. The molecule has 1 aliphatic carbocycles. The van der Waals surface area contributed by atoms with Gasteiger partial charge in [-0.1, -0.05) is 49.9 Å². The maximum Gasteiger partial charge on any atom is 0.179 e. The summed E-state index contributed by atoms with van der Waals surface area (Å²) >= 11 is 6.46. The fourth-order valence-corrected chi connectivity index (χ4v) is 6.06. The number of rotatable bonds is 8. The molecule has 1 fully saturated rings. The number of fused-ring (bicyclic) bond motifs is 1. The first-order valence-corrected chi connectivity index (χ1v) is 13.6. The molecule has 0 bridgehead atoms. The second kappa shape index (κ2) is 9.84. The number of sulfone groups is 1. The van der Waals surface area contributed by atoms with Crippen molar-refractivity contribution in [1.29, 1.82) is 0 Å². The van der Waals surface area contributed by atoms with E-state index in [1.165, 1.54) is 32.1 Å². The van der Waals surface area contributed by atoms with Crippen LogP contribution in [0.2, 0.25) is 5.02 Å². The summed E-state index contributed by atoms with van der Waals surface area (Å²) in [5.74, 6) is 2.42. The fraction of sp³-hybridized carbons (Fsp3) is 0.480. The van der Waals surface area contributed by atoms with Gasteiger partial charge in [-0.25, -0.2) is 13.4 Å². The van der Waals surface area contributed by atoms with Gasteiger partial charge in [0, 0.05) is 13.0 Å². The van der Waals surface area contributed by atoms with Crippen LogP contribution in [0.3, 0.4) is 0 Å². The Labute approximate surface area is 195 Å². The summed E-state index contributed by atoms with van der Waals surface area (Å²) in [6.07, 6.45) is 6.96. The topological polar surface area (TPSA) is 61.2 Å². The van der Waals surface area contributed by atoms with Gasteiger partial charge in [0.15, 0.2) is 9.84 Å². The largest absolute Gasteiger partial charge is 0.494 e. The Kier molecular flexibility index (Phi) is 7.11. The molecule has 2 aromatic carbocycles. The maximum absolute atomic E-state index is 12.5. The Balaban J connectivity index is 1.75. The molecular weight excluding hydrogens is 444 g/mol. The normalized spacial score (nSPS) is 15.3. The molecule has 1 aliphatic rings. The van der Waals surface area contributed by atoms with Crippen molar-refractivity contribution in [1.82, 2.24) is 9.55 Å². The van der Waals surface area contributed by atoms with E-state index >= 15 is 0 Å². The second-order valence-electron chi connectivity index (χ2n) is 8.57. The molecular formula is C25H31ClN2O3S. The molecule has 0 saturated heterocycles. The Morgan fingerprint density at radius 2 is 1.81 bits per heavy atom. The minimum atomic E-state index is -3.42. The predicted octanol–water partition coefficient (Wildman–Crippen LogP) is 6.05. The van der Waals surface area contributed by atoms with Gasteiger partial charge in [0.2, 0.25) is 0 Å². The summed E-state index contributed by atoms with van der Waals surface area (Å²) < 4.78 is 32.9. The lowest BCUT2D eigenvalue weighted by molar-refractivity contribution is 0.319. The van der Waals surface area contributed by atoms with Crippen LogP contribution in [-0.2, 0) is 22.8 Å². The van der Waals surface area contributed by atoms with Crippen LogP contribution in [-0.4, -0.2) is 30.3 Å². The van der Waals surface area contributed by atoms with Crippen LogP contribution in [0.15, 0.2) is 41.3 Å². The lowest BCUT2D eigenvalue weighted by atomic mass is 9.89. The SMILES string of the molecule is CCOc1ccc(Cc2nc3cc(S(=O)(=O)CC)c(Cl)cc3n2CC2CCCCC2)cc1. The van der Waals surface area contributed by atoms with Crippen molar-refractivity contribution in [3.05, 3.63) is 52.8 Å². The average molecular weight is 475 g/mol. The number of hydrogen-bond acceptors (Lipinski definition) is 4. The predicted molar refractivity (Wildman–Crippen MR) is 129 cm³/mol. The number of imidazole rings is 1. The fourth-order valence-electron chi connectivity index (χ4n) is 4.59. The standard InChI is InChI=1S/C25H31ClN2O3S/c1-3-31-20-12-10-18(11-13-20)14-25-27-22-16-24(32(29,30)4-2)21(26)15-23(22)28(25)17-19-8-6-5-7-9-19/h10-13,15-16,19H,3-9,14,17H2,1-2H3. The molecule has 5 nitrogen and oxygen atoms in total. The molecule has 0 unspecified atom stereocenters.